The number of carbonyl (C=O) groups is 1. The zero-order valence-electron chi connectivity index (χ0n) is 17.0. The van der Waals surface area contributed by atoms with Gasteiger partial charge in [-0.25, -0.2) is 4.98 Å². The first-order chi connectivity index (χ1) is 14.5. The Morgan fingerprint density at radius 3 is 2.73 bits per heavy atom. The molecule has 0 fully saturated rings. The molecular formula is C23H21N3O3S. The van der Waals surface area contributed by atoms with Gasteiger partial charge in [0.25, 0.3) is 0 Å². The molecule has 0 saturated heterocycles. The summed E-state index contributed by atoms with van der Waals surface area (Å²) in [6.07, 6.45) is 0.975. The van der Waals surface area contributed by atoms with E-state index in [9.17, 15) is 10.1 Å². The molecule has 1 atom stereocenters. The normalized spacial score (nSPS) is 13.5. The van der Waals surface area contributed by atoms with E-state index < -0.39 is 5.92 Å². The molecule has 2 aromatic carbocycles. The van der Waals surface area contributed by atoms with Crippen LogP contribution in [0.4, 0.5) is 5.69 Å². The summed E-state index contributed by atoms with van der Waals surface area (Å²) in [6, 6.07) is 13.3. The summed E-state index contributed by atoms with van der Waals surface area (Å²) in [4.78, 5) is 19.8. The topological polar surface area (TPSA) is 75.5 Å². The number of rotatable bonds is 6. The van der Waals surface area contributed by atoms with Gasteiger partial charge >= 0.3 is 0 Å². The number of hydrogen-bond donors (Lipinski definition) is 0. The minimum atomic E-state index is -0.936. The lowest BCUT2D eigenvalue weighted by Gasteiger charge is -2.13. The number of nitrogens with zero attached hydrogens (tertiary/aromatic N) is 3. The molecule has 1 aliphatic rings. The van der Waals surface area contributed by atoms with Crippen molar-refractivity contribution >= 4 is 22.8 Å². The van der Waals surface area contributed by atoms with Gasteiger partial charge in [0, 0.05) is 35.8 Å². The van der Waals surface area contributed by atoms with Gasteiger partial charge < -0.3 is 14.4 Å². The quantitative estimate of drug-likeness (QED) is 0.554. The van der Waals surface area contributed by atoms with E-state index in [-0.39, 0.29) is 5.78 Å². The summed E-state index contributed by atoms with van der Waals surface area (Å²) in [5.41, 5.74) is 4.35. The molecule has 0 radical (unpaired) electrons. The summed E-state index contributed by atoms with van der Waals surface area (Å²) in [7, 11) is 5.17. The van der Waals surface area contributed by atoms with E-state index in [1.54, 1.807) is 20.3 Å². The lowest BCUT2D eigenvalue weighted by Crippen LogP contribution is -2.14. The molecule has 3 aromatic rings. The molecule has 1 unspecified atom stereocenters. The summed E-state index contributed by atoms with van der Waals surface area (Å²) >= 11 is 1.31. The first-order valence-corrected chi connectivity index (χ1v) is 10.4. The number of fused-ring (bicyclic) bond motifs is 1. The fourth-order valence-electron chi connectivity index (χ4n) is 3.63. The van der Waals surface area contributed by atoms with E-state index in [0.29, 0.717) is 27.8 Å². The second-order valence-electron chi connectivity index (χ2n) is 7.08. The molecule has 0 saturated carbocycles. The van der Waals surface area contributed by atoms with Crippen molar-refractivity contribution < 1.29 is 14.3 Å². The van der Waals surface area contributed by atoms with Crippen molar-refractivity contribution in [1.29, 1.82) is 5.26 Å². The van der Waals surface area contributed by atoms with Crippen LogP contribution < -0.4 is 14.4 Å². The number of Topliss-reactive ketones (excluding diaryl/α,β-unsaturated/α-hetero) is 1. The minimum absolute atomic E-state index is 0.228. The molecule has 0 N–H and O–H groups in total. The third-order valence-electron chi connectivity index (χ3n) is 5.34. The number of hydrogen-bond acceptors (Lipinski definition) is 7. The van der Waals surface area contributed by atoms with E-state index in [0.717, 1.165) is 24.2 Å². The number of ether oxygens (including phenoxy) is 2. The Hall–Kier alpha value is -3.37. The number of methoxy groups -OCH3 is 2. The molecule has 7 heteroatoms. The van der Waals surface area contributed by atoms with Crippen molar-refractivity contribution in [1.82, 2.24) is 4.98 Å². The highest BCUT2D eigenvalue weighted by molar-refractivity contribution is 7.10. The van der Waals surface area contributed by atoms with Gasteiger partial charge in [-0.2, -0.15) is 5.26 Å². The largest absolute Gasteiger partial charge is 0.493 e. The SMILES string of the molecule is COc1ccc(-c2csc(C(C#N)C(=O)c3ccc4c(c3)N(C)CC4)n2)cc1OC. The summed E-state index contributed by atoms with van der Waals surface area (Å²) in [5.74, 6) is 0.0607. The molecule has 0 amide bonds. The second kappa shape index (κ2) is 8.17. The third-order valence-corrected chi connectivity index (χ3v) is 6.25. The maximum atomic E-state index is 13.1. The maximum Gasteiger partial charge on any atom is 0.187 e. The van der Waals surface area contributed by atoms with Crippen LogP contribution in [0, 0.1) is 11.3 Å². The highest BCUT2D eigenvalue weighted by Gasteiger charge is 2.27. The van der Waals surface area contributed by atoms with Crippen molar-refractivity contribution in [2.75, 3.05) is 32.7 Å². The number of likely N-dealkylation sites (N-methyl/N-ethyl adjacent to an activating group) is 1. The number of carbonyl (C=O) groups excluding carboxylic acids is 1. The van der Waals surface area contributed by atoms with Crippen molar-refractivity contribution in [3.8, 4) is 28.8 Å². The van der Waals surface area contributed by atoms with Gasteiger partial charge in [0.2, 0.25) is 0 Å². The van der Waals surface area contributed by atoms with Gasteiger partial charge in [-0.15, -0.1) is 11.3 Å². The predicted molar refractivity (Wildman–Crippen MR) is 117 cm³/mol. The Bertz CT molecular complexity index is 1150. The molecule has 152 valence electrons. The smallest absolute Gasteiger partial charge is 0.187 e. The van der Waals surface area contributed by atoms with E-state index >= 15 is 0 Å². The molecule has 2 heterocycles. The number of benzene rings is 2. The second-order valence-corrected chi connectivity index (χ2v) is 7.97. The van der Waals surface area contributed by atoms with Gasteiger partial charge in [0.05, 0.1) is 26.0 Å². The van der Waals surface area contributed by atoms with Crippen LogP contribution in [0.2, 0.25) is 0 Å². The lowest BCUT2D eigenvalue weighted by molar-refractivity contribution is 0.0979. The Balaban J connectivity index is 1.63. The van der Waals surface area contributed by atoms with Crippen molar-refractivity contribution in [3.63, 3.8) is 0 Å². The first kappa shape index (κ1) is 19.9. The Kier molecular flexibility index (Phi) is 5.42. The standard InChI is InChI=1S/C23H21N3O3S/c1-26-9-8-14-4-5-16(10-19(14)26)22(27)17(12-24)23-25-18(13-30-23)15-6-7-20(28-2)21(11-15)29-3/h4-7,10-11,13,17H,8-9H2,1-3H3. The van der Waals surface area contributed by atoms with Gasteiger partial charge in [-0.05, 0) is 36.2 Å². The van der Waals surface area contributed by atoms with Crippen LogP contribution in [0.1, 0.15) is 26.8 Å². The molecule has 0 bridgehead atoms. The van der Waals surface area contributed by atoms with Crippen LogP contribution in [0.15, 0.2) is 41.8 Å². The fraction of sp³-hybridized carbons (Fsp3) is 0.261. The Labute approximate surface area is 179 Å². The monoisotopic (exact) mass is 419 g/mol. The summed E-state index contributed by atoms with van der Waals surface area (Å²) < 4.78 is 10.6. The molecule has 1 aliphatic heterocycles. The molecule has 1 aromatic heterocycles. The highest BCUT2D eigenvalue weighted by Crippen LogP contribution is 2.35. The van der Waals surface area contributed by atoms with Crippen molar-refractivity contribution in [3.05, 3.63) is 57.9 Å². The zero-order chi connectivity index (χ0) is 21.3. The van der Waals surface area contributed by atoms with Crippen LogP contribution in [0.3, 0.4) is 0 Å². The maximum absolute atomic E-state index is 13.1. The zero-order valence-corrected chi connectivity index (χ0v) is 17.8. The highest BCUT2D eigenvalue weighted by atomic mass is 32.1. The number of anilines is 1. The van der Waals surface area contributed by atoms with Gasteiger partial charge in [-0.3, -0.25) is 4.79 Å². The minimum Gasteiger partial charge on any atom is -0.493 e. The molecule has 4 rings (SSSR count). The van der Waals surface area contributed by atoms with E-state index in [1.807, 2.05) is 42.8 Å². The van der Waals surface area contributed by atoms with E-state index in [1.165, 1.54) is 16.9 Å². The summed E-state index contributed by atoms with van der Waals surface area (Å²) in [6.45, 7) is 0.940. The lowest BCUT2D eigenvalue weighted by atomic mass is 9.97. The van der Waals surface area contributed by atoms with Crippen LogP contribution in [-0.2, 0) is 6.42 Å². The van der Waals surface area contributed by atoms with Crippen molar-refractivity contribution in [2.45, 2.75) is 12.3 Å². The van der Waals surface area contributed by atoms with Gasteiger partial charge in [0.1, 0.15) is 5.01 Å². The number of thiazole rings is 1. The van der Waals surface area contributed by atoms with Crippen LogP contribution in [0.25, 0.3) is 11.3 Å². The fourth-order valence-corrected chi connectivity index (χ4v) is 4.50. The molecule has 0 aliphatic carbocycles. The molecular weight excluding hydrogens is 398 g/mol. The van der Waals surface area contributed by atoms with E-state index in [2.05, 4.69) is 16.0 Å². The molecule has 0 spiro atoms. The Morgan fingerprint density at radius 2 is 2.00 bits per heavy atom. The third kappa shape index (κ3) is 3.51. The van der Waals surface area contributed by atoms with Crippen LogP contribution >= 0.6 is 11.3 Å². The van der Waals surface area contributed by atoms with Gasteiger partial charge in [0.15, 0.2) is 23.2 Å². The average Bonchev–Trinajstić information content (AvgIpc) is 3.41. The Morgan fingerprint density at radius 1 is 1.20 bits per heavy atom. The molecule has 6 nitrogen and oxygen atoms in total. The molecule has 30 heavy (non-hydrogen) atoms. The van der Waals surface area contributed by atoms with Crippen molar-refractivity contribution in [2.24, 2.45) is 0 Å². The predicted octanol–water partition coefficient (Wildman–Crippen LogP) is 4.31. The van der Waals surface area contributed by atoms with E-state index in [4.69, 9.17) is 9.47 Å². The number of ketones is 1. The average molecular weight is 420 g/mol. The number of aromatic nitrogens is 1. The number of nitriles is 1. The first-order valence-electron chi connectivity index (χ1n) is 9.51. The van der Waals surface area contributed by atoms with Crippen LogP contribution in [-0.4, -0.2) is 38.6 Å². The van der Waals surface area contributed by atoms with Gasteiger partial charge in [-0.1, -0.05) is 12.1 Å². The van der Waals surface area contributed by atoms with Crippen LogP contribution in [0.5, 0.6) is 11.5 Å². The summed E-state index contributed by atoms with van der Waals surface area (Å²) in [5, 5.41) is 12.1.